The van der Waals surface area contributed by atoms with Crippen LogP contribution >= 0.6 is 0 Å². The van der Waals surface area contributed by atoms with E-state index in [1.807, 2.05) is 6.92 Å². The average Bonchev–Trinajstić information content (AvgIpc) is 3.23. The summed E-state index contributed by atoms with van der Waals surface area (Å²) in [6.45, 7) is 2.67. The van der Waals surface area contributed by atoms with Crippen molar-refractivity contribution in [3.05, 3.63) is 63.7 Å². The van der Waals surface area contributed by atoms with E-state index in [0.717, 1.165) is 11.6 Å². The fourth-order valence-electron chi connectivity index (χ4n) is 3.98. The zero-order valence-electron chi connectivity index (χ0n) is 17.7. The topological polar surface area (TPSA) is 101 Å². The molecular weight excluding hydrogens is 419 g/mol. The van der Waals surface area contributed by atoms with Gasteiger partial charge in [-0.15, -0.1) is 0 Å². The minimum absolute atomic E-state index is 0.0138. The first-order chi connectivity index (χ1) is 15.3. The fourth-order valence-corrected chi connectivity index (χ4v) is 3.98. The first-order valence-corrected chi connectivity index (χ1v) is 10.2. The number of hydroxylamine groups is 1. The lowest BCUT2D eigenvalue weighted by molar-refractivity contribution is 0.0694. The van der Waals surface area contributed by atoms with Crippen LogP contribution in [0.4, 0.5) is 10.1 Å². The summed E-state index contributed by atoms with van der Waals surface area (Å²) >= 11 is 0. The van der Waals surface area contributed by atoms with Gasteiger partial charge in [-0.25, -0.2) is 9.18 Å². The fraction of sp³-hybridized carbons (Fsp3) is 0.304. The van der Waals surface area contributed by atoms with Gasteiger partial charge in [-0.2, -0.15) is 0 Å². The van der Waals surface area contributed by atoms with Crippen LogP contribution in [0.15, 0.2) is 41.3 Å². The smallest absolute Gasteiger partial charge is 0.341 e. The Bertz CT molecular complexity index is 1260. The van der Waals surface area contributed by atoms with Crippen LogP contribution in [0.3, 0.4) is 0 Å². The molecule has 1 atom stereocenters. The van der Waals surface area contributed by atoms with Crippen molar-refractivity contribution in [1.29, 1.82) is 0 Å². The van der Waals surface area contributed by atoms with Gasteiger partial charge in [0.2, 0.25) is 5.43 Å². The zero-order chi connectivity index (χ0) is 23.0. The highest BCUT2D eigenvalue weighted by Gasteiger charge is 2.27. The Hall–Kier alpha value is -3.59. The molecule has 2 heterocycles. The minimum Gasteiger partial charge on any atom is -0.504 e. The number of fused-ring (bicyclic) bond motifs is 1. The maximum Gasteiger partial charge on any atom is 0.341 e. The first-order valence-electron chi connectivity index (χ1n) is 10.2. The SMILES string of the molecule is CCn1cc(C(=O)O)c(=O)c2cc(F)c(N3CC[C@@H](Cc4ccc(O)c(OC)c4)O3)cc21. The lowest BCUT2D eigenvalue weighted by Gasteiger charge is -2.21. The Morgan fingerprint density at radius 1 is 1.31 bits per heavy atom. The number of benzene rings is 2. The third-order valence-corrected chi connectivity index (χ3v) is 5.63. The molecule has 1 aromatic heterocycles. The van der Waals surface area contributed by atoms with Crippen molar-refractivity contribution in [3.63, 3.8) is 0 Å². The number of carboxylic acids is 1. The van der Waals surface area contributed by atoms with Gasteiger partial charge < -0.3 is 19.5 Å². The van der Waals surface area contributed by atoms with Crippen molar-refractivity contribution in [2.24, 2.45) is 0 Å². The number of methoxy groups -OCH3 is 1. The van der Waals surface area contributed by atoms with E-state index < -0.39 is 22.8 Å². The van der Waals surface area contributed by atoms with E-state index in [4.69, 9.17) is 9.57 Å². The highest BCUT2D eigenvalue weighted by Crippen LogP contribution is 2.32. The van der Waals surface area contributed by atoms with Crippen LogP contribution < -0.4 is 15.2 Å². The maximum absolute atomic E-state index is 15.0. The highest BCUT2D eigenvalue weighted by molar-refractivity contribution is 5.93. The van der Waals surface area contributed by atoms with Gasteiger partial charge in [0.25, 0.3) is 0 Å². The predicted molar refractivity (Wildman–Crippen MR) is 116 cm³/mol. The number of rotatable bonds is 6. The van der Waals surface area contributed by atoms with E-state index in [1.54, 1.807) is 22.8 Å². The number of aromatic carboxylic acids is 1. The van der Waals surface area contributed by atoms with Crippen LogP contribution in [0.1, 0.15) is 29.3 Å². The van der Waals surface area contributed by atoms with Gasteiger partial charge in [0.05, 0.1) is 18.7 Å². The molecule has 9 heteroatoms. The molecule has 32 heavy (non-hydrogen) atoms. The molecule has 8 nitrogen and oxygen atoms in total. The average molecular weight is 442 g/mol. The van der Waals surface area contributed by atoms with Crippen molar-refractivity contribution >= 4 is 22.6 Å². The second kappa shape index (κ2) is 8.51. The largest absolute Gasteiger partial charge is 0.504 e. The Labute approximate surface area is 183 Å². The molecule has 1 fully saturated rings. The number of hydrogen-bond acceptors (Lipinski definition) is 6. The summed E-state index contributed by atoms with van der Waals surface area (Å²) in [5, 5.41) is 20.5. The third kappa shape index (κ3) is 3.87. The number of ether oxygens (including phenoxy) is 1. The molecule has 1 aliphatic rings. The number of aromatic hydroxyl groups is 1. The van der Waals surface area contributed by atoms with Gasteiger partial charge >= 0.3 is 5.97 Å². The van der Waals surface area contributed by atoms with Crippen molar-refractivity contribution < 1.29 is 29.0 Å². The molecule has 1 saturated heterocycles. The van der Waals surface area contributed by atoms with Gasteiger partial charge in [-0.05, 0) is 43.2 Å². The molecule has 2 aromatic carbocycles. The monoisotopic (exact) mass is 442 g/mol. The standard InChI is InChI=1S/C23H23FN2O6/c1-3-25-12-16(23(29)30)22(28)15-10-17(24)19(11-18(15)25)26-7-6-14(32-26)8-13-4-5-20(27)21(9-13)31-2/h4-5,9-12,14,27H,3,6-8H2,1-2H3,(H,29,30)/t14-/m0/s1. The molecule has 4 rings (SSSR count). The number of hydrogen-bond donors (Lipinski definition) is 2. The lowest BCUT2D eigenvalue weighted by Crippen LogP contribution is -2.22. The summed E-state index contributed by atoms with van der Waals surface area (Å²) in [6.07, 6.45) is 2.27. The summed E-state index contributed by atoms with van der Waals surface area (Å²) < 4.78 is 21.7. The van der Waals surface area contributed by atoms with Crippen molar-refractivity contribution in [2.75, 3.05) is 18.7 Å². The van der Waals surface area contributed by atoms with E-state index >= 15 is 0 Å². The summed E-state index contributed by atoms with van der Waals surface area (Å²) in [4.78, 5) is 29.9. The number of halogens is 1. The van der Waals surface area contributed by atoms with Crippen molar-refractivity contribution in [3.8, 4) is 11.5 Å². The molecule has 0 amide bonds. The number of phenols is 1. The van der Waals surface area contributed by atoms with Gasteiger partial charge in [0, 0.05) is 31.1 Å². The van der Waals surface area contributed by atoms with E-state index in [1.165, 1.54) is 24.4 Å². The van der Waals surface area contributed by atoms with Crippen LogP contribution in [0, 0.1) is 5.82 Å². The summed E-state index contributed by atoms with van der Waals surface area (Å²) in [5.74, 6) is -1.58. The van der Waals surface area contributed by atoms with Crippen molar-refractivity contribution in [1.82, 2.24) is 4.57 Å². The third-order valence-electron chi connectivity index (χ3n) is 5.63. The van der Waals surface area contributed by atoms with Crippen LogP contribution in [-0.4, -0.2) is 40.5 Å². The molecule has 0 radical (unpaired) electrons. The maximum atomic E-state index is 15.0. The molecule has 2 N–H and O–H groups in total. The van der Waals surface area contributed by atoms with E-state index in [9.17, 15) is 24.2 Å². The Balaban J connectivity index is 1.63. The van der Waals surface area contributed by atoms with Crippen molar-refractivity contribution in [2.45, 2.75) is 32.4 Å². The number of carbonyl (C=O) groups is 1. The molecule has 1 aliphatic heterocycles. The van der Waals surface area contributed by atoms with Gasteiger partial charge in [0.1, 0.15) is 17.1 Å². The molecule has 0 aliphatic carbocycles. The van der Waals surface area contributed by atoms with E-state index in [2.05, 4.69) is 0 Å². The van der Waals surface area contributed by atoms with Crippen LogP contribution in [0.2, 0.25) is 0 Å². The zero-order valence-corrected chi connectivity index (χ0v) is 17.7. The van der Waals surface area contributed by atoms with Gasteiger partial charge in [-0.3, -0.25) is 14.7 Å². The number of pyridine rings is 1. The number of carboxylic acid groups (broad SMARTS) is 1. The lowest BCUT2D eigenvalue weighted by atomic mass is 10.1. The predicted octanol–water partition coefficient (Wildman–Crippen LogP) is 3.33. The van der Waals surface area contributed by atoms with E-state index in [0.29, 0.717) is 37.2 Å². The number of aryl methyl sites for hydroxylation is 1. The molecule has 0 unspecified atom stereocenters. The minimum atomic E-state index is -1.35. The Morgan fingerprint density at radius 2 is 2.09 bits per heavy atom. The van der Waals surface area contributed by atoms with Crippen LogP contribution in [0.25, 0.3) is 10.9 Å². The quantitative estimate of drug-likeness (QED) is 0.604. The second-order valence-corrected chi connectivity index (χ2v) is 7.61. The van der Waals surface area contributed by atoms with E-state index in [-0.39, 0.29) is 22.9 Å². The molecule has 0 spiro atoms. The number of nitrogens with zero attached hydrogens (tertiary/aromatic N) is 2. The van der Waals surface area contributed by atoms with Crippen LogP contribution in [0.5, 0.6) is 11.5 Å². The highest BCUT2D eigenvalue weighted by atomic mass is 19.1. The number of phenolic OH excluding ortho intramolecular Hbond substituents is 1. The van der Waals surface area contributed by atoms with Crippen LogP contribution in [-0.2, 0) is 17.8 Å². The summed E-state index contributed by atoms with van der Waals surface area (Å²) in [7, 11) is 1.48. The number of anilines is 1. The van der Waals surface area contributed by atoms with Gasteiger partial charge in [0.15, 0.2) is 11.5 Å². The summed E-state index contributed by atoms with van der Waals surface area (Å²) in [6, 6.07) is 7.66. The molecule has 0 saturated carbocycles. The molecular formula is C23H23FN2O6. The summed E-state index contributed by atoms with van der Waals surface area (Å²) in [5.41, 5.74) is 0.422. The molecule has 168 valence electrons. The first kappa shape index (κ1) is 21.6. The Morgan fingerprint density at radius 3 is 2.78 bits per heavy atom. The normalized spacial score (nSPS) is 16.0. The molecule has 3 aromatic rings. The molecule has 0 bridgehead atoms. The van der Waals surface area contributed by atoms with Gasteiger partial charge in [-0.1, -0.05) is 6.07 Å². The second-order valence-electron chi connectivity index (χ2n) is 7.61. The Kier molecular flexibility index (Phi) is 5.75. The number of aromatic nitrogens is 1.